The number of fused-ring (bicyclic) bond motifs is 2. The number of hydrogen-bond donors (Lipinski definition) is 1. The number of quaternary nitrogens is 1. The van der Waals surface area contributed by atoms with Gasteiger partial charge in [-0.3, -0.25) is 0 Å². The van der Waals surface area contributed by atoms with E-state index in [0.717, 1.165) is 18.4 Å². The molecule has 3 heterocycles. The Balaban J connectivity index is 2.20. The summed E-state index contributed by atoms with van der Waals surface area (Å²) >= 11 is 0. The minimum absolute atomic E-state index is 0.128. The zero-order chi connectivity index (χ0) is 8.55. The molecule has 0 aliphatic carbocycles. The van der Waals surface area contributed by atoms with Gasteiger partial charge in [0.05, 0.1) is 25.8 Å². The lowest BCUT2D eigenvalue weighted by atomic mass is 9.86. The molecule has 3 rings (SSSR count). The molecule has 0 unspecified atom stereocenters. The van der Waals surface area contributed by atoms with Gasteiger partial charge >= 0.3 is 5.97 Å². The van der Waals surface area contributed by atoms with Gasteiger partial charge in [-0.25, -0.2) is 4.79 Å². The first kappa shape index (κ1) is 7.80. The molecule has 0 amide bonds. The molecule has 3 aliphatic heterocycles. The van der Waals surface area contributed by atoms with Gasteiger partial charge in [-0.1, -0.05) is 0 Å². The molecule has 0 spiro atoms. The van der Waals surface area contributed by atoms with Gasteiger partial charge in [-0.15, -0.1) is 0 Å². The lowest BCUT2D eigenvalue weighted by molar-refractivity contribution is -0.858. The van der Waals surface area contributed by atoms with Crippen LogP contribution in [-0.2, 0) is 9.53 Å². The Morgan fingerprint density at radius 2 is 2.25 bits per heavy atom. The summed E-state index contributed by atoms with van der Waals surface area (Å²) in [6.07, 6.45) is 4.34. The van der Waals surface area contributed by atoms with Crippen molar-refractivity contribution in [2.75, 3.05) is 20.2 Å². The fourth-order valence-corrected chi connectivity index (χ4v) is 2.13. The lowest BCUT2D eigenvalue weighted by Gasteiger charge is -2.33. The van der Waals surface area contributed by atoms with E-state index in [2.05, 4.69) is 0 Å². The molecule has 3 aliphatic rings. The third-order valence-corrected chi connectivity index (χ3v) is 2.85. The van der Waals surface area contributed by atoms with Crippen LogP contribution in [0.25, 0.3) is 0 Å². The average Bonchev–Trinajstić information content (AvgIpc) is 2.18. The molecule has 3 nitrogen and oxygen atoms in total. The second-order valence-corrected chi connectivity index (χ2v) is 3.52. The van der Waals surface area contributed by atoms with E-state index in [4.69, 9.17) is 4.74 Å². The maximum absolute atomic E-state index is 11.3. The molecule has 0 atom stereocenters. The summed E-state index contributed by atoms with van der Waals surface area (Å²) in [6, 6.07) is 0. The summed E-state index contributed by atoms with van der Waals surface area (Å²) in [6.45, 7) is 2.37. The minimum atomic E-state index is -0.128. The molecule has 1 fully saturated rings. The van der Waals surface area contributed by atoms with Crippen LogP contribution in [0.2, 0.25) is 0 Å². The van der Waals surface area contributed by atoms with E-state index >= 15 is 0 Å². The molecular formula is C9H14NO2+. The molecule has 1 N–H and O–H groups in total. The van der Waals surface area contributed by atoms with E-state index in [1.807, 2.05) is 6.20 Å². The topological polar surface area (TPSA) is 30.7 Å². The molecule has 0 aromatic heterocycles. The van der Waals surface area contributed by atoms with Gasteiger partial charge in [0.2, 0.25) is 0 Å². The van der Waals surface area contributed by atoms with Crippen LogP contribution in [-0.4, -0.2) is 26.2 Å². The van der Waals surface area contributed by atoms with Crippen LogP contribution in [0.5, 0.6) is 0 Å². The van der Waals surface area contributed by atoms with E-state index in [0.29, 0.717) is 5.92 Å². The molecule has 0 aromatic rings. The highest BCUT2D eigenvalue weighted by Crippen LogP contribution is 2.23. The SMILES string of the molecule is COC(=O)C1=C[NH+]2CCC1CC2. The Hall–Kier alpha value is -0.830. The molecule has 3 heteroatoms. The maximum atomic E-state index is 11.3. The number of methoxy groups -OCH3 is 1. The Bertz CT molecular complexity index is 227. The maximum Gasteiger partial charge on any atom is 0.339 e. The average molecular weight is 168 g/mol. The van der Waals surface area contributed by atoms with Gasteiger partial charge in [0.25, 0.3) is 0 Å². The van der Waals surface area contributed by atoms with Crippen LogP contribution >= 0.6 is 0 Å². The number of piperidine rings is 1. The monoisotopic (exact) mass is 168 g/mol. The van der Waals surface area contributed by atoms with Gasteiger partial charge in [0, 0.05) is 18.8 Å². The summed E-state index contributed by atoms with van der Waals surface area (Å²) in [5, 5.41) is 0. The molecular weight excluding hydrogens is 154 g/mol. The molecule has 0 saturated carbocycles. The first-order chi connectivity index (χ1) is 5.81. The first-order valence-electron chi connectivity index (χ1n) is 4.46. The van der Waals surface area contributed by atoms with Crippen molar-refractivity contribution in [3.63, 3.8) is 0 Å². The summed E-state index contributed by atoms with van der Waals surface area (Å²) in [4.78, 5) is 12.7. The standard InChI is InChI=1S/C9H13NO2/c1-12-9(11)8-6-10-4-2-7(8)3-5-10/h6-7H,2-5H2,1H3/p+1. The van der Waals surface area contributed by atoms with Crippen molar-refractivity contribution in [3.8, 4) is 0 Å². The van der Waals surface area contributed by atoms with Crippen molar-refractivity contribution < 1.29 is 14.4 Å². The van der Waals surface area contributed by atoms with Crippen LogP contribution in [0.3, 0.4) is 0 Å². The van der Waals surface area contributed by atoms with Crippen molar-refractivity contribution in [2.24, 2.45) is 5.92 Å². The summed E-state index contributed by atoms with van der Waals surface area (Å²) < 4.78 is 4.72. The predicted octanol–water partition coefficient (Wildman–Crippen LogP) is -0.648. The van der Waals surface area contributed by atoms with Crippen LogP contribution < -0.4 is 4.90 Å². The summed E-state index contributed by atoms with van der Waals surface area (Å²) in [5.74, 6) is 0.354. The van der Waals surface area contributed by atoms with E-state index in [1.54, 1.807) is 0 Å². The van der Waals surface area contributed by atoms with Crippen molar-refractivity contribution in [3.05, 3.63) is 11.8 Å². The minimum Gasteiger partial charge on any atom is -0.465 e. The quantitative estimate of drug-likeness (QED) is 0.528. The van der Waals surface area contributed by atoms with Gasteiger partial charge in [-0.05, 0) is 0 Å². The fourth-order valence-electron chi connectivity index (χ4n) is 2.13. The zero-order valence-electron chi connectivity index (χ0n) is 7.30. The van der Waals surface area contributed by atoms with Crippen molar-refractivity contribution in [2.45, 2.75) is 12.8 Å². The van der Waals surface area contributed by atoms with Crippen molar-refractivity contribution >= 4 is 5.97 Å². The summed E-state index contributed by atoms with van der Waals surface area (Å²) in [7, 11) is 1.45. The molecule has 2 bridgehead atoms. The van der Waals surface area contributed by atoms with Gasteiger partial charge < -0.3 is 9.64 Å². The van der Waals surface area contributed by atoms with Crippen LogP contribution in [0.4, 0.5) is 0 Å². The van der Waals surface area contributed by atoms with E-state index < -0.39 is 0 Å². The molecule has 1 saturated heterocycles. The van der Waals surface area contributed by atoms with E-state index in [-0.39, 0.29) is 5.97 Å². The lowest BCUT2D eigenvalue weighted by Crippen LogP contribution is -3.10. The Morgan fingerprint density at radius 1 is 1.58 bits per heavy atom. The molecule has 66 valence electrons. The fraction of sp³-hybridized carbons (Fsp3) is 0.667. The predicted molar refractivity (Wildman–Crippen MR) is 43.5 cm³/mol. The smallest absolute Gasteiger partial charge is 0.339 e. The van der Waals surface area contributed by atoms with Gasteiger partial charge in [-0.2, -0.15) is 0 Å². The third kappa shape index (κ3) is 1.14. The van der Waals surface area contributed by atoms with Gasteiger partial charge in [0.15, 0.2) is 0 Å². The Morgan fingerprint density at radius 3 is 2.67 bits per heavy atom. The van der Waals surface area contributed by atoms with Crippen LogP contribution in [0.1, 0.15) is 12.8 Å². The van der Waals surface area contributed by atoms with E-state index in [9.17, 15) is 4.79 Å². The number of carbonyl (C=O) groups is 1. The number of ether oxygens (including phenoxy) is 1. The molecule has 0 aromatic carbocycles. The number of rotatable bonds is 1. The van der Waals surface area contributed by atoms with Gasteiger partial charge in [0.1, 0.15) is 6.20 Å². The first-order valence-corrected chi connectivity index (χ1v) is 4.46. The second-order valence-electron chi connectivity index (χ2n) is 3.52. The van der Waals surface area contributed by atoms with Crippen molar-refractivity contribution in [1.82, 2.24) is 0 Å². The second kappa shape index (κ2) is 2.90. The Kier molecular flexibility index (Phi) is 1.89. The van der Waals surface area contributed by atoms with Crippen molar-refractivity contribution in [1.29, 1.82) is 0 Å². The highest BCUT2D eigenvalue weighted by Gasteiger charge is 2.34. The molecule has 12 heavy (non-hydrogen) atoms. The Labute approximate surface area is 72.0 Å². The number of hydrogen-bond acceptors (Lipinski definition) is 2. The van der Waals surface area contributed by atoms with Crippen LogP contribution in [0.15, 0.2) is 11.8 Å². The highest BCUT2D eigenvalue weighted by atomic mass is 16.5. The number of nitrogens with one attached hydrogen (secondary N) is 1. The highest BCUT2D eigenvalue weighted by molar-refractivity contribution is 5.88. The van der Waals surface area contributed by atoms with E-state index in [1.165, 1.54) is 25.1 Å². The number of esters is 1. The van der Waals surface area contributed by atoms with Crippen LogP contribution in [0, 0.1) is 5.92 Å². The number of carbonyl (C=O) groups excluding carboxylic acids is 1. The molecule has 0 radical (unpaired) electrons. The third-order valence-electron chi connectivity index (χ3n) is 2.85. The normalized spacial score (nSPS) is 32.9. The summed E-state index contributed by atoms with van der Waals surface area (Å²) in [5.41, 5.74) is 0.907. The largest absolute Gasteiger partial charge is 0.465 e. The zero-order valence-corrected chi connectivity index (χ0v) is 7.30.